The topological polar surface area (TPSA) is 97.7 Å². The van der Waals surface area contributed by atoms with E-state index in [1.807, 2.05) is 18.9 Å². The van der Waals surface area contributed by atoms with Crippen LogP contribution < -0.4 is 9.64 Å². The van der Waals surface area contributed by atoms with Crippen molar-refractivity contribution in [3.05, 3.63) is 29.6 Å². The molecule has 0 saturated heterocycles. The zero-order valence-corrected chi connectivity index (χ0v) is 18.1. The number of carbonyl (C=O) groups is 1. The van der Waals surface area contributed by atoms with Crippen LogP contribution in [0.15, 0.2) is 18.3 Å². The standard InChI is InChI=1S/C22H30N4O4/c1-5-22(3,28)14-30-15-10-11-23-18(12-15)20-24-17-9-7-8-16(17)21(25-20)26(4)13-19(27)29-6-2/h10-12,28H,5-9,13-14H2,1-4H3. The third-order valence-electron chi connectivity index (χ3n) is 5.22. The average Bonchev–Trinajstić information content (AvgIpc) is 3.20. The van der Waals surface area contributed by atoms with Gasteiger partial charge >= 0.3 is 5.97 Å². The molecule has 162 valence electrons. The van der Waals surface area contributed by atoms with Crippen molar-refractivity contribution in [2.45, 2.75) is 52.1 Å². The Balaban J connectivity index is 1.88. The van der Waals surface area contributed by atoms with Crippen LogP contribution in [0.1, 0.15) is 44.9 Å². The van der Waals surface area contributed by atoms with Crippen LogP contribution in [0.5, 0.6) is 5.75 Å². The summed E-state index contributed by atoms with van der Waals surface area (Å²) in [6.07, 6.45) is 5.01. The summed E-state index contributed by atoms with van der Waals surface area (Å²) in [5, 5.41) is 10.2. The molecule has 1 aliphatic carbocycles. The molecule has 2 aromatic rings. The summed E-state index contributed by atoms with van der Waals surface area (Å²) in [4.78, 5) is 27.6. The Morgan fingerprint density at radius 2 is 2.10 bits per heavy atom. The van der Waals surface area contributed by atoms with Crippen LogP contribution in [0.2, 0.25) is 0 Å². The highest BCUT2D eigenvalue weighted by Gasteiger charge is 2.24. The number of aromatic nitrogens is 3. The first-order valence-corrected chi connectivity index (χ1v) is 10.4. The predicted octanol–water partition coefficient (Wildman–Crippen LogP) is 2.57. The van der Waals surface area contributed by atoms with E-state index in [9.17, 15) is 9.90 Å². The molecule has 0 aromatic carbocycles. The molecule has 0 bridgehead atoms. The van der Waals surface area contributed by atoms with Crippen molar-refractivity contribution < 1.29 is 19.4 Å². The summed E-state index contributed by atoms with van der Waals surface area (Å²) < 4.78 is 10.8. The molecule has 1 aliphatic rings. The largest absolute Gasteiger partial charge is 0.490 e. The van der Waals surface area contributed by atoms with Gasteiger partial charge in [-0.2, -0.15) is 0 Å². The summed E-state index contributed by atoms with van der Waals surface area (Å²) in [5.41, 5.74) is 1.77. The number of pyridine rings is 1. The first-order chi connectivity index (χ1) is 14.3. The fraction of sp³-hybridized carbons (Fsp3) is 0.545. The number of esters is 1. The lowest BCUT2D eigenvalue weighted by molar-refractivity contribution is -0.141. The van der Waals surface area contributed by atoms with E-state index in [1.54, 1.807) is 32.2 Å². The number of carbonyl (C=O) groups excluding carboxylic acids is 1. The quantitative estimate of drug-likeness (QED) is 0.625. The van der Waals surface area contributed by atoms with Gasteiger partial charge < -0.3 is 19.5 Å². The van der Waals surface area contributed by atoms with E-state index >= 15 is 0 Å². The molecular weight excluding hydrogens is 384 g/mol. The fourth-order valence-corrected chi connectivity index (χ4v) is 3.28. The minimum atomic E-state index is -0.892. The van der Waals surface area contributed by atoms with Crippen molar-refractivity contribution in [3.8, 4) is 17.3 Å². The van der Waals surface area contributed by atoms with E-state index in [0.717, 1.165) is 36.3 Å². The molecule has 0 spiro atoms. The number of aryl methyl sites for hydroxylation is 1. The molecule has 0 radical (unpaired) electrons. The second-order valence-corrected chi connectivity index (χ2v) is 7.83. The minimum absolute atomic E-state index is 0.124. The van der Waals surface area contributed by atoms with Crippen molar-refractivity contribution in [3.63, 3.8) is 0 Å². The van der Waals surface area contributed by atoms with E-state index in [4.69, 9.17) is 19.4 Å². The summed E-state index contributed by atoms with van der Waals surface area (Å²) in [5.74, 6) is 1.54. The molecule has 2 heterocycles. The molecule has 1 atom stereocenters. The van der Waals surface area contributed by atoms with Gasteiger partial charge in [0.1, 0.15) is 30.4 Å². The molecule has 0 saturated carbocycles. The Kier molecular flexibility index (Phi) is 6.87. The van der Waals surface area contributed by atoms with Gasteiger partial charge in [0.2, 0.25) is 0 Å². The number of ether oxygens (including phenoxy) is 2. The maximum absolute atomic E-state index is 11.9. The second-order valence-electron chi connectivity index (χ2n) is 7.83. The Labute approximate surface area is 177 Å². The number of anilines is 1. The van der Waals surface area contributed by atoms with Gasteiger partial charge in [-0.1, -0.05) is 6.92 Å². The predicted molar refractivity (Wildman–Crippen MR) is 114 cm³/mol. The first kappa shape index (κ1) is 22.0. The number of likely N-dealkylation sites (N-methyl/N-ethyl adjacent to an activating group) is 1. The number of hydrogen-bond donors (Lipinski definition) is 1. The van der Waals surface area contributed by atoms with Crippen molar-refractivity contribution >= 4 is 11.8 Å². The molecule has 8 nitrogen and oxygen atoms in total. The van der Waals surface area contributed by atoms with Crippen molar-refractivity contribution in [1.82, 2.24) is 15.0 Å². The highest BCUT2D eigenvalue weighted by atomic mass is 16.5. The van der Waals surface area contributed by atoms with Gasteiger partial charge in [-0.3, -0.25) is 9.78 Å². The molecule has 1 N–H and O–H groups in total. The van der Waals surface area contributed by atoms with Crippen molar-refractivity contribution in [1.29, 1.82) is 0 Å². The second kappa shape index (κ2) is 9.38. The lowest BCUT2D eigenvalue weighted by Crippen LogP contribution is -2.31. The fourth-order valence-electron chi connectivity index (χ4n) is 3.28. The number of rotatable bonds is 9. The monoisotopic (exact) mass is 414 g/mol. The molecule has 8 heteroatoms. The zero-order chi connectivity index (χ0) is 21.7. The van der Waals surface area contributed by atoms with E-state index in [2.05, 4.69) is 4.98 Å². The van der Waals surface area contributed by atoms with Crippen LogP contribution in [0, 0.1) is 0 Å². The third-order valence-corrected chi connectivity index (χ3v) is 5.22. The molecule has 3 rings (SSSR count). The molecule has 0 amide bonds. The molecule has 30 heavy (non-hydrogen) atoms. The molecule has 1 unspecified atom stereocenters. The summed E-state index contributed by atoms with van der Waals surface area (Å²) in [6, 6.07) is 3.52. The van der Waals surface area contributed by atoms with Crippen molar-refractivity contribution in [2.24, 2.45) is 0 Å². The zero-order valence-electron chi connectivity index (χ0n) is 18.1. The summed E-state index contributed by atoms with van der Waals surface area (Å²) in [7, 11) is 1.83. The van der Waals surface area contributed by atoms with Crippen LogP contribution in [0.4, 0.5) is 5.82 Å². The number of hydrogen-bond acceptors (Lipinski definition) is 8. The van der Waals surface area contributed by atoms with Crippen LogP contribution in [-0.2, 0) is 22.4 Å². The number of fused-ring (bicyclic) bond motifs is 1. The van der Waals surface area contributed by atoms with Crippen LogP contribution >= 0.6 is 0 Å². The van der Waals surface area contributed by atoms with Gasteiger partial charge in [0.05, 0.1) is 12.2 Å². The normalized spacial score (nSPS) is 14.7. The maximum Gasteiger partial charge on any atom is 0.325 e. The van der Waals surface area contributed by atoms with Gasteiger partial charge in [-0.25, -0.2) is 9.97 Å². The van der Waals surface area contributed by atoms with Crippen LogP contribution in [0.3, 0.4) is 0 Å². The molecule has 0 fully saturated rings. The Hall–Kier alpha value is -2.74. The maximum atomic E-state index is 11.9. The third kappa shape index (κ3) is 5.24. The Morgan fingerprint density at radius 1 is 1.30 bits per heavy atom. The van der Waals surface area contributed by atoms with Crippen molar-refractivity contribution in [2.75, 3.05) is 31.7 Å². The highest BCUT2D eigenvalue weighted by molar-refractivity contribution is 5.76. The van der Waals surface area contributed by atoms with Gasteiger partial charge in [0, 0.05) is 30.6 Å². The van der Waals surface area contributed by atoms with E-state index < -0.39 is 5.60 Å². The van der Waals surface area contributed by atoms with E-state index in [1.165, 1.54) is 0 Å². The molecule has 0 aliphatic heterocycles. The van der Waals surface area contributed by atoms with Crippen LogP contribution in [-0.4, -0.2) is 58.4 Å². The Bertz CT molecular complexity index is 901. The van der Waals surface area contributed by atoms with Gasteiger partial charge in [0.15, 0.2) is 5.82 Å². The van der Waals surface area contributed by atoms with Gasteiger partial charge in [0.25, 0.3) is 0 Å². The summed E-state index contributed by atoms with van der Waals surface area (Å²) >= 11 is 0. The number of nitrogens with zero attached hydrogens (tertiary/aromatic N) is 4. The SMILES string of the molecule is CCOC(=O)CN(C)c1nc(-c2cc(OCC(C)(O)CC)ccn2)nc2c1CCC2. The van der Waals surface area contributed by atoms with Crippen LogP contribution in [0.25, 0.3) is 11.5 Å². The average molecular weight is 415 g/mol. The molecular formula is C22H30N4O4. The summed E-state index contributed by atoms with van der Waals surface area (Å²) in [6.45, 7) is 6.10. The number of aliphatic hydroxyl groups is 1. The lowest BCUT2D eigenvalue weighted by atomic mass is 10.1. The van der Waals surface area contributed by atoms with E-state index in [0.29, 0.717) is 30.3 Å². The molecule has 2 aromatic heterocycles. The minimum Gasteiger partial charge on any atom is -0.490 e. The lowest BCUT2D eigenvalue weighted by Gasteiger charge is -2.22. The Morgan fingerprint density at radius 3 is 2.83 bits per heavy atom. The van der Waals surface area contributed by atoms with Gasteiger partial charge in [-0.05, 0) is 45.6 Å². The van der Waals surface area contributed by atoms with E-state index in [-0.39, 0.29) is 19.1 Å². The first-order valence-electron chi connectivity index (χ1n) is 10.4. The van der Waals surface area contributed by atoms with Gasteiger partial charge in [-0.15, -0.1) is 0 Å². The smallest absolute Gasteiger partial charge is 0.325 e. The highest BCUT2D eigenvalue weighted by Crippen LogP contribution is 2.31.